The number of H-pyrrole nitrogens is 1. The average Bonchev–Trinajstić information content (AvgIpc) is 2.95. The summed E-state index contributed by atoms with van der Waals surface area (Å²) in [6.07, 6.45) is 2.17. The largest absolute Gasteiger partial charge is 0.497 e. The molecule has 1 heterocycles. The number of halogens is 1. The molecule has 0 unspecified atom stereocenters. The van der Waals surface area contributed by atoms with Gasteiger partial charge in [0.15, 0.2) is 5.82 Å². The Morgan fingerprint density at radius 3 is 2.83 bits per heavy atom. The summed E-state index contributed by atoms with van der Waals surface area (Å²) in [7, 11) is 1.61. The van der Waals surface area contributed by atoms with E-state index in [0.717, 1.165) is 16.9 Å². The molecule has 3 aromatic rings. The van der Waals surface area contributed by atoms with Crippen molar-refractivity contribution in [3.8, 4) is 5.75 Å². The van der Waals surface area contributed by atoms with E-state index in [1.54, 1.807) is 30.1 Å². The van der Waals surface area contributed by atoms with E-state index < -0.39 is 0 Å². The Morgan fingerprint density at radius 1 is 1.29 bits per heavy atom. The third kappa shape index (κ3) is 3.75. The third-order valence-corrected chi connectivity index (χ3v) is 3.67. The molecule has 0 atom stereocenters. The predicted molar refractivity (Wildman–Crippen MR) is 92.6 cm³/mol. The molecule has 5 nitrogen and oxygen atoms in total. The molecule has 7 heteroatoms. The van der Waals surface area contributed by atoms with Crippen molar-refractivity contribution < 1.29 is 9.13 Å². The van der Waals surface area contributed by atoms with Crippen LogP contribution in [0.2, 0.25) is 0 Å². The summed E-state index contributed by atoms with van der Waals surface area (Å²) in [5, 5.41) is 11.3. The lowest BCUT2D eigenvalue weighted by atomic mass is 10.1. The molecule has 0 amide bonds. The van der Waals surface area contributed by atoms with Crippen LogP contribution in [0.3, 0.4) is 0 Å². The van der Waals surface area contributed by atoms with Gasteiger partial charge in [-0.15, -0.1) is 0 Å². The highest BCUT2D eigenvalue weighted by molar-refractivity contribution is 7.71. The summed E-state index contributed by atoms with van der Waals surface area (Å²) in [6, 6.07) is 13.8. The van der Waals surface area contributed by atoms with Crippen LogP contribution >= 0.6 is 12.2 Å². The molecule has 0 aliphatic carbocycles. The first-order valence-corrected chi connectivity index (χ1v) is 7.65. The molecule has 0 aliphatic rings. The molecule has 0 fully saturated rings. The van der Waals surface area contributed by atoms with Crippen LogP contribution in [0.5, 0.6) is 5.75 Å². The summed E-state index contributed by atoms with van der Waals surface area (Å²) < 4.78 is 20.1. The Morgan fingerprint density at radius 2 is 2.08 bits per heavy atom. The number of nitrogens with one attached hydrogen (secondary N) is 1. The van der Waals surface area contributed by atoms with Crippen molar-refractivity contribution in [3.63, 3.8) is 0 Å². The van der Waals surface area contributed by atoms with E-state index in [0.29, 0.717) is 17.0 Å². The number of aromatic amines is 1. The monoisotopic (exact) mass is 342 g/mol. The highest BCUT2D eigenvalue weighted by Crippen LogP contribution is 2.12. The topological polar surface area (TPSA) is 55.2 Å². The quantitative estimate of drug-likeness (QED) is 0.570. The lowest BCUT2D eigenvalue weighted by molar-refractivity contribution is 0.414. The number of methoxy groups -OCH3 is 1. The molecule has 2 aromatic carbocycles. The molecule has 0 spiro atoms. The smallest absolute Gasteiger partial charge is 0.216 e. The lowest BCUT2D eigenvalue weighted by Gasteiger charge is -2.02. The van der Waals surface area contributed by atoms with Crippen molar-refractivity contribution in [3.05, 3.63) is 76.1 Å². The van der Waals surface area contributed by atoms with E-state index in [1.165, 1.54) is 12.1 Å². The van der Waals surface area contributed by atoms with Gasteiger partial charge in [0.05, 0.1) is 13.3 Å². The molecule has 0 bridgehead atoms. The second-order valence-electron chi connectivity index (χ2n) is 5.08. The molecular formula is C17H15FN4OS. The summed E-state index contributed by atoms with van der Waals surface area (Å²) >= 11 is 5.22. The van der Waals surface area contributed by atoms with Crippen molar-refractivity contribution in [2.24, 2.45) is 5.10 Å². The first-order valence-electron chi connectivity index (χ1n) is 7.25. The Labute approximate surface area is 143 Å². The molecule has 0 aliphatic heterocycles. The van der Waals surface area contributed by atoms with Gasteiger partial charge in [-0.3, -0.25) is 5.10 Å². The molecule has 0 saturated heterocycles. The Hall–Kier alpha value is -2.80. The van der Waals surface area contributed by atoms with Crippen LogP contribution in [0.1, 0.15) is 17.0 Å². The molecule has 0 saturated carbocycles. The van der Waals surface area contributed by atoms with Crippen LogP contribution in [0.15, 0.2) is 53.6 Å². The van der Waals surface area contributed by atoms with Crippen molar-refractivity contribution in [2.45, 2.75) is 6.42 Å². The van der Waals surface area contributed by atoms with Gasteiger partial charge in [0.1, 0.15) is 11.6 Å². The second kappa shape index (κ2) is 7.18. The van der Waals surface area contributed by atoms with Crippen molar-refractivity contribution in [1.82, 2.24) is 14.9 Å². The fraction of sp³-hybridized carbons (Fsp3) is 0.118. The van der Waals surface area contributed by atoms with Gasteiger partial charge in [0.25, 0.3) is 0 Å². The van der Waals surface area contributed by atoms with Gasteiger partial charge >= 0.3 is 0 Å². The van der Waals surface area contributed by atoms with Crippen LogP contribution in [0, 0.1) is 10.6 Å². The minimum atomic E-state index is -0.270. The Bertz CT molecular complexity index is 915. The SMILES string of the molecule is COc1cccc(/C=N\n2c(Cc3ccc(F)cc3)n[nH]c2=S)c1. The standard InChI is InChI=1S/C17H15FN4OS/c1-23-15-4-2-3-13(9-15)11-19-22-16(20-21-17(22)24)10-12-5-7-14(18)8-6-12/h2-9,11H,10H2,1H3,(H,21,24)/b19-11-. The zero-order valence-electron chi connectivity index (χ0n) is 12.9. The number of rotatable bonds is 5. The number of hydrogen-bond donors (Lipinski definition) is 1. The van der Waals surface area contributed by atoms with Gasteiger partial charge in [0.2, 0.25) is 4.77 Å². The fourth-order valence-electron chi connectivity index (χ4n) is 2.19. The normalized spacial score (nSPS) is 11.1. The maximum Gasteiger partial charge on any atom is 0.216 e. The molecule has 1 aromatic heterocycles. The molecular weight excluding hydrogens is 327 g/mol. The second-order valence-corrected chi connectivity index (χ2v) is 5.47. The van der Waals surface area contributed by atoms with Crippen LogP contribution in [0.25, 0.3) is 0 Å². The van der Waals surface area contributed by atoms with Gasteiger partial charge in [-0.1, -0.05) is 24.3 Å². The molecule has 3 rings (SSSR count). The highest BCUT2D eigenvalue weighted by atomic mass is 32.1. The van der Waals surface area contributed by atoms with E-state index >= 15 is 0 Å². The highest BCUT2D eigenvalue weighted by Gasteiger charge is 2.06. The Balaban J connectivity index is 1.85. The van der Waals surface area contributed by atoms with E-state index in [9.17, 15) is 4.39 Å². The maximum absolute atomic E-state index is 13.0. The molecule has 122 valence electrons. The predicted octanol–water partition coefficient (Wildman–Crippen LogP) is 3.56. The Kier molecular flexibility index (Phi) is 4.81. The number of nitrogens with zero attached hydrogens (tertiary/aromatic N) is 3. The van der Waals surface area contributed by atoms with E-state index in [1.807, 2.05) is 24.3 Å². The number of ether oxygens (including phenoxy) is 1. The molecule has 1 N–H and O–H groups in total. The van der Waals surface area contributed by atoms with Crippen molar-refractivity contribution in [2.75, 3.05) is 7.11 Å². The van der Waals surface area contributed by atoms with Gasteiger partial charge in [0, 0.05) is 6.42 Å². The van der Waals surface area contributed by atoms with E-state index in [-0.39, 0.29) is 5.82 Å². The van der Waals surface area contributed by atoms with Crippen molar-refractivity contribution >= 4 is 18.4 Å². The van der Waals surface area contributed by atoms with Gasteiger partial charge in [-0.25, -0.2) is 4.39 Å². The van der Waals surface area contributed by atoms with E-state index in [2.05, 4.69) is 15.3 Å². The first-order chi connectivity index (χ1) is 11.7. The van der Waals surface area contributed by atoms with Crippen LogP contribution < -0.4 is 4.74 Å². The minimum Gasteiger partial charge on any atom is -0.497 e. The number of benzene rings is 2. The third-order valence-electron chi connectivity index (χ3n) is 3.41. The van der Waals surface area contributed by atoms with Gasteiger partial charge in [-0.2, -0.15) is 14.9 Å². The van der Waals surface area contributed by atoms with Gasteiger partial charge < -0.3 is 4.74 Å². The summed E-state index contributed by atoms with van der Waals surface area (Å²) in [5.74, 6) is 1.13. The zero-order valence-corrected chi connectivity index (χ0v) is 13.8. The van der Waals surface area contributed by atoms with Crippen LogP contribution in [0.4, 0.5) is 4.39 Å². The zero-order chi connectivity index (χ0) is 16.9. The lowest BCUT2D eigenvalue weighted by Crippen LogP contribution is -2.00. The molecule has 24 heavy (non-hydrogen) atoms. The summed E-state index contributed by atoms with van der Waals surface area (Å²) in [5.41, 5.74) is 1.80. The number of aromatic nitrogens is 3. The first kappa shape index (κ1) is 16.1. The molecule has 0 radical (unpaired) electrons. The maximum atomic E-state index is 13.0. The minimum absolute atomic E-state index is 0.270. The van der Waals surface area contributed by atoms with E-state index in [4.69, 9.17) is 17.0 Å². The number of hydrogen-bond acceptors (Lipinski definition) is 4. The van der Waals surface area contributed by atoms with Crippen LogP contribution in [-0.2, 0) is 6.42 Å². The van der Waals surface area contributed by atoms with Crippen LogP contribution in [-0.4, -0.2) is 28.2 Å². The average molecular weight is 342 g/mol. The summed E-state index contributed by atoms with van der Waals surface area (Å²) in [4.78, 5) is 0. The summed E-state index contributed by atoms with van der Waals surface area (Å²) in [6.45, 7) is 0. The van der Waals surface area contributed by atoms with Gasteiger partial charge in [-0.05, 0) is 47.6 Å². The van der Waals surface area contributed by atoms with Crippen molar-refractivity contribution in [1.29, 1.82) is 0 Å². The fourth-order valence-corrected chi connectivity index (χ4v) is 2.39.